The van der Waals surface area contributed by atoms with Crippen LogP contribution in [0.5, 0.6) is 0 Å². The summed E-state index contributed by atoms with van der Waals surface area (Å²) in [6.07, 6.45) is 8.31. The van der Waals surface area contributed by atoms with E-state index in [0.717, 1.165) is 5.92 Å². The Balaban J connectivity index is 1.87. The van der Waals surface area contributed by atoms with Crippen LogP contribution in [0.1, 0.15) is 59.3 Å². The van der Waals surface area contributed by atoms with Crippen LogP contribution in [-0.2, 0) is 4.74 Å². The smallest absolute Gasteiger partial charge is 0.107 e. The zero-order chi connectivity index (χ0) is 10.0. The molecule has 3 aliphatic rings. The van der Waals surface area contributed by atoms with Crippen molar-refractivity contribution in [3.63, 3.8) is 0 Å². The molecule has 1 aliphatic heterocycles. The van der Waals surface area contributed by atoms with E-state index in [9.17, 15) is 0 Å². The zero-order valence-corrected chi connectivity index (χ0v) is 9.73. The van der Waals surface area contributed by atoms with Crippen LogP contribution in [0.4, 0.5) is 0 Å². The van der Waals surface area contributed by atoms with Gasteiger partial charge >= 0.3 is 0 Å². The van der Waals surface area contributed by atoms with Crippen molar-refractivity contribution >= 4 is 0 Å². The van der Waals surface area contributed by atoms with Crippen molar-refractivity contribution in [2.45, 2.75) is 70.5 Å². The normalized spacial score (nSPS) is 55.7. The Labute approximate surface area is 87.2 Å². The van der Waals surface area contributed by atoms with Gasteiger partial charge in [0.25, 0.3) is 0 Å². The molecule has 1 heteroatoms. The van der Waals surface area contributed by atoms with Gasteiger partial charge in [0.2, 0.25) is 0 Å². The van der Waals surface area contributed by atoms with E-state index in [-0.39, 0.29) is 0 Å². The lowest BCUT2D eigenvalue weighted by Gasteiger charge is -2.28. The Hall–Kier alpha value is -0.0400. The zero-order valence-electron chi connectivity index (χ0n) is 9.73. The topological polar surface area (TPSA) is 12.5 Å². The van der Waals surface area contributed by atoms with Crippen LogP contribution in [-0.4, -0.2) is 11.2 Å². The third-order valence-corrected chi connectivity index (χ3v) is 5.54. The van der Waals surface area contributed by atoms with E-state index in [4.69, 9.17) is 4.74 Å². The van der Waals surface area contributed by atoms with Gasteiger partial charge in [-0.1, -0.05) is 46.5 Å². The molecule has 80 valence electrons. The van der Waals surface area contributed by atoms with Crippen molar-refractivity contribution in [3.8, 4) is 0 Å². The van der Waals surface area contributed by atoms with Crippen LogP contribution >= 0.6 is 0 Å². The third kappa shape index (κ3) is 0.680. The van der Waals surface area contributed by atoms with Gasteiger partial charge < -0.3 is 4.74 Å². The lowest BCUT2D eigenvalue weighted by molar-refractivity contribution is -0.000275. The van der Waals surface area contributed by atoms with E-state index >= 15 is 0 Å². The maximum atomic E-state index is 6.08. The number of epoxide rings is 1. The highest BCUT2D eigenvalue weighted by Gasteiger charge is 3.00. The first-order chi connectivity index (χ1) is 6.61. The lowest BCUT2D eigenvalue weighted by atomic mass is 9.85. The largest absolute Gasteiger partial charge is 0.361 e. The molecule has 0 aromatic rings. The predicted molar refractivity (Wildman–Crippen MR) is 57.2 cm³/mol. The summed E-state index contributed by atoms with van der Waals surface area (Å²) in [5.41, 5.74) is 1.20. The van der Waals surface area contributed by atoms with Crippen molar-refractivity contribution in [1.82, 2.24) is 0 Å². The van der Waals surface area contributed by atoms with Gasteiger partial charge in [-0.25, -0.2) is 0 Å². The molecule has 0 radical (unpaired) electrons. The highest BCUT2D eigenvalue weighted by Crippen LogP contribution is 2.89. The van der Waals surface area contributed by atoms with Gasteiger partial charge in [0.1, 0.15) is 11.2 Å². The molecule has 3 fully saturated rings. The molecule has 1 heterocycles. The summed E-state index contributed by atoms with van der Waals surface area (Å²) in [6.45, 7) is 7.21. The Morgan fingerprint density at radius 1 is 0.929 bits per heavy atom. The van der Waals surface area contributed by atoms with Crippen LogP contribution in [0.15, 0.2) is 0 Å². The van der Waals surface area contributed by atoms with Crippen LogP contribution < -0.4 is 0 Å². The van der Waals surface area contributed by atoms with E-state index < -0.39 is 0 Å². The quantitative estimate of drug-likeness (QED) is 0.582. The van der Waals surface area contributed by atoms with E-state index in [2.05, 4.69) is 20.8 Å². The van der Waals surface area contributed by atoms with E-state index in [1.54, 1.807) is 0 Å². The highest BCUT2D eigenvalue weighted by molar-refractivity contribution is 5.47. The summed E-state index contributed by atoms with van der Waals surface area (Å²) < 4.78 is 6.08. The maximum Gasteiger partial charge on any atom is 0.107 e. The molecule has 0 amide bonds. The van der Waals surface area contributed by atoms with Gasteiger partial charge in [0.05, 0.1) is 0 Å². The summed E-state index contributed by atoms with van der Waals surface area (Å²) in [5.74, 6) is 0.786. The Kier molecular flexibility index (Phi) is 1.56. The van der Waals surface area contributed by atoms with Crippen LogP contribution in [0.3, 0.4) is 0 Å². The Bertz CT molecular complexity index is 250. The fourth-order valence-electron chi connectivity index (χ4n) is 4.33. The molecule has 0 bridgehead atoms. The summed E-state index contributed by atoms with van der Waals surface area (Å²) in [4.78, 5) is 0. The monoisotopic (exact) mass is 194 g/mol. The molecule has 0 aromatic heterocycles. The average Bonchev–Trinajstić information content (AvgIpc) is 2.86. The summed E-state index contributed by atoms with van der Waals surface area (Å²) in [7, 11) is 0. The number of rotatable bonds is 1. The van der Waals surface area contributed by atoms with Crippen molar-refractivity contribution in [1.29, 1.82) is 0 Å². The van der Waals surface area contributed by atoms with Gasteiger partial charge in [0.15, 0.2) is 0 Å². The predicted octanol–water partition coefficient (Wildman–Crippen LogP) is 3.52. The second kappa shape index (κ2) is 2.37. The standard InChI is InChI=1S/C13H22O/c1-10(2)11(3)12-8-6-4-5-7-9-13(11,12)14-12/h10H,4-9H2,1-3H3/t11?,12-,13+. The van der Waals surface area contributed by atoms with Gasteiger partial charge in [-0.05, 0) is 18.8 Å². The number of hydrogen-bond acceptors (Lipinski definition) is 1. The minimum absolute atomic E-state index is 0.342. The summed E-state index contributed by atoms with van der Waals surface area (Å²) >= 11 is 0. The fourth-order valence-corrected chi connectivity index (χ4v) is 4.33. The summed E-state index contributed by atoms with van der Waals surface area (Å²) in [5, 5.41) is 0. The molecule has 14 heavy (non-hydrogen) atoms. The molecule has 0 spiro atoms. The molecule has 2 saturated carbocycles. The minimum Gasteiger partial charge on any atom is -0.361 e. The van der Waals surface area contributed by atoms with Gasteiger partial charge in [0, 0.05) is 5.41 Å². The Morgan fingerprint density at radius 3 is 1.86 bits per heavy atom. The number of ether oxygens (including phenoxy) is 1. The second-order valence-corrected chi connectivity index (χ2v) is 6.03. The molecular formula is C13H22O. The lowest BCUT2D eigenvalue weighted by Crippen LogP contribution is -2.29. The molecule has 3 atom stereocenters. The fraction of sp³-hybridized carbons (Fsp3) is 1.00. The summed E-state index contributed by atoms with van der Waals surface area (Å²) in [6, 6.07) is 0. The molecule has 3 rings (SSSR count). The van der Waals surface area contributed by atoms with Crippen molar-refractivity contribution in [2.75, 3.05) is 0 Å². The van der Waals surface area contributed by atoms with Gasteiger partial charge in [-0.3, -0.25) is 0 Å². The van der Waals surface area contributed by atoms with Crippen molar-refractivity contribution in [3.05, 3.63) is 0 Å². The van der Waals surface area contributed by atoms with Gasteiger partial charge in [-0.2, -0.15) is 0 Å². The van der Waals surface area contributed by atoms with E-state index in [0.29, 0.717) is 16.6 Å². The van der Waals surface area contributed by atoms with Gasteiger partial charge in [-0.15, -0.1) is 0 Å². The van der Waals surface area contributed by atoms with Crippen LogP contribution in [0, 0.1) is 11.3 Å². The molecule has 1 saturated heterocycles. The average molecular weight is 194 g/mol. The number of hydrogen-bond donors (Lipinski definition) is 0. The van der Waals surface area contributed by atoms with Crippen LogP contribution in [0.2, 0.25) is 0 Å². The second-order valence-electron chi connectivity index (χ2n) is 6.03. The first-order valence-electron chi connectivity index (χ1n) is 6.31. The molecule has 0 N–H and O–H groups in total. The highest BCUT2D eigenvalue weighted by atomic mass is 16.7. The maximum absolute atomic E-state index is 6.08. The molecule has 2 aliphatic carbocycles. The van der Waals surface area contributed by atoms with E-state index in [1.165, 1.54) is 38.5 Å². The minimum atomic E-state index is 0.342. The molecule has 0 aromatic carbocycles. The first-order valence-corrected chi connectivity index (χ1v) is 6.31. The van der Waals surface area contributed by atoms with E-state index in [1.807, 2.05) is 0 Å². The van der Waals surface area contributed by atoms with Crippen LogP contribution in [0.25, 0.3) is 0 Å². The van der Waals surface area contributed by atoms with Crippen molar-refractivity contribution in [2.24, 2.45) is 11.3 Å². The third-order valence-electron chi connectivity index (χ3n) is 5.54. The molecular weight excluding hydrogens is 172 g/mol. The first kappa shape index (κ1) is 9.21. The Morgan fingerprint density at radius 2 is 1.43 bits per heavy atom. The molecule has 1 unspecified atom stereocenters. The SMILES string of the molecule is CC(C)C1(C)[C@@]23CCCCCC[C@@]12O3. The van der Waals surface area contributed by atoms with Crippen molar-refractivity contribution < 1.29 is 4.74 Å². The molecule has 1 nitrogen and oxygen atoms in total.